The fourth-order valence-electron chi connectivity index (χ4n) is 3.45. The lowest BCUT2D eigenvalue weighted by Crippen LogP contribution is -2.38. The van der Waals surface area contributed by atoms with Crippen LogP contribution in [0.2, 0.25) is 0 Å². The third kappa shape index (κ3) is 3.47. The first-order valence-electron chi connectivity index (χ1n) is 9.37. The molecular weight excluding hydrogens is 338 g/mol. The van der Waals surface area contributed by atoms with Crippen molar-refractivity contribution in [2.75, 3.05) is 18.5 Å². The number of rotatable bonds is 5. The van der Waals surface area contributed by atoms with E-state index in [0.717, 1.165) is 28.0 Å². The monoisotopic (exact) mass is 363 g/mol. The Morgan fingerprint density at radius 1 is 1.07 bits per heavy atom. The number of ether oxygens (including phenoxy) is 2. The highest BCUT2D eigenvalue weighted by atomic mass is 16.6. The molecule has 0 spiro atoms. The van der Waals surface area contributed by atoms with Crippen molar-refractivity contribution in [1.82, 2.24) is 10.2 Å². The van der Waals surface area contributed by atoms with Crippen LogP contribution in [0.25, 0.3) is 10.8 Å². The standard InChI is InChI=1S/C22H25N3O2/c1-13-6-5-7-19(14(13)2)15(3)23-22-21-10-17(27-18-11-26-12-18)8-9-20(21)16(4)24-25-22/h5-10,15,18H,11-12H2,1-4H3,(H,23,25)/t15-/m1/s1. The number of aryl methyl sites for hydroxylation is 2. The third-order valence-electron chi connectivity index (χ3n) is 5.31. The summed E-state index contributed by atoms with van der Waals surface area (Å²) in [7, 11) is 0. The van der Waals surface area contributed by atoms with Gasteiger partial charge in [-0.05, 0) is 62.6 Å². The van der Waals surface area contributed by atoms with Gasteiger partial charge in [-0.25, -0.2) is 0 Å². The Hall–Kier alpha value is -2.66. The number of nitrogens with one attached hydrogen (secondary N) is 1. The second kappa shape index (κ2) is 7.16. The van der Waals surface area contributed by atoms with Gasteiger partial charge in [0.15, 0.2) is 5.82 Å². The van der Waals surface area contributed by atoms with Crippen LogP contribution in [-0.2, 0) is 4.74 Å². The first-order valence-corrected chi connectivity index (χ1v) is 9.37. The second-order valence-electron chi connectivity index (χ2n) is 7.27. The molecule has 0 radical (unpaired) electrons. The minimum absolute atomic E-state index is 0.120. The molecule has 2 aromatic carbocycles. The average molecular weight is 363 g/mol. The molecule has 4 rings (SSSR count). The Labute approximate surface area is 159 Å². The highest BCUT2D eigenvalue weighted by Crippen LogP contribution is 2.31. The van der Waals surface area contributed by atoms with Gasteiger partial charge in [-0.2, -0.15) is 5.10 Å². The molecule has 1 aliphatic rings. The zero-order valence-electron chi connectivity index (χ0n) is 16.2. The normalized spacial score (nSPS) is 15.4. The minimum Gasteiger partial charge on any atom is -0.486 e. The number of benzene rings is 2. The molecule has 1 aliphatic heterocycles. The lowest BCUT2D eigenvalue weighted by molar-refractivity contribution is -0.0796. The maximum atomic E-state index is 5.98. The lowest BCUT2D eigenvalue weighted by Gasteiger charge is -2.27. The van der Waals surface area contributed by atoms with Crippen LogP contribution >= 0.6 is 0 Å². The molecule has 0 aliphatic carbocycles. The summed E-state index contributed by atoms with van der Waals surface area (Å²) in [6, 6.07) is 12.6. The maximum absolute atomic E-state index is 5.98. The summed E-state index contributed by atoms with van der Waals surface area (Å²) < 4.78 is 11.2. The molecular formula is C22H25N3O2. The van der Waals surface area contributed by atoms with E-state index < -0.39 is 0 Å². The van der Waals surface area contributed by atoms with Crippen molar-refractivity contribution < 1.29 is 9.47 Å². The fraction of sp³-hybridized carbons (Fsp3) is 0.364. The van der Waals surface area contributed by atoms with Gasteiger partial charge in [0, 0.05) is 10.8 Å². The van der Waals surface area contributed by atoms with E-state index in [-0.39, 0.29) is 12.1 Å². The molecule has 5 nitrogen and oxygen atoms in total. The Morgan fingerprint density at radius 2 is 1.89 bits per heavy atom. The van der Waals surface area contributed by atoms with Gasteiger partial charge in [-0.1, -0.05) is 18.2 Å². The third-order valence-corrected chi connectivity index (χ3v) is 5.31. The van der Waals surface area contributed by atoms with Gasteiger partial charge in [-0.15, -0.1) is 5.10 Å². The average Bonchev–Trinajstić information content (AvgIpc) is 2.63. The van der Waals surface area contributed by atoms with Crippen LogP contribution in [0.1, 0.15) is 35.3 Å². The van der Waals surface area contributed by atoms with E-state index in [2.05, 4.69) is 60.6 Å². The van der Waals surface area contributed by atoms with E-state index >= 15 is 0 Å². The van der Waals surface area contributed by atoms with Crippen LogP contribution in [0.3, 0.4) is 0 Å². The number of aromatic nitrogens is 2. The molecule has 5 heteroatoms. The summed E-state index contributed by atoms with van der Waals surface area (Å²) in [4.78, 5) is 0. The quantitative estimate of drug-likeness (QED) is 0.723. The molecule has 1 fully saturated rings. The van der Waals surface area contributed by atoms with E-state index in [1.54, 1.807) is 0 Å². The van der Waals surface area contributed by atoms with Crippen LogP contribution in [0.15, 0.2) is 36.4 Å². The van der Waals surface area contributed by atoms with Crippen LogP contribution in [-0.4, -0.2) is 29.5 Å². The van der Waals surface area contributed by atoms with Crippen molar-refractivity contribution in [3.05, 3.63) is 58.8 Å². The van der Waals surface area contributed by atoms with Crippen molar-refractivity contribution >= 4 is 16.6 Å². The molecule has 1 N–H and O–H groups in total. The van der Waals surface area contributed by atoms with Crippen molar-refractivity contribution in [2.24, 2.45) is 0 Å². The maximum Gasteiger partial charge on any atom is 0.157 e. The van der Waals surface area contributed by atoms with E-state index in [4.69, 9.17) is 9.47 Å². The zero-order valence-corrected chi connectivity index (χ0v) is 16.2. The summed E-state index contributed by atoms with van der Waals surface area (Å²) >= 11 is 0. The smallest absolute Gasteiger partial charge is 0.157 e. The lowest BCUT2D eigenvalue weighted by atomic mass is 9.98. The molecule has 0 saturated carbocycles. The number of hydrogen-bond acceptors (Lipinski definition) is 5. The highest BCUT2D eigenvalue weighted by molar-refractivity contribution is 5.94. The van der Waals surface area contributed by atoms with Crippen molar-refractivity contribution in [3.63, 3.8) is 0 Å². The van der Waals surface area contributed by atoms with E-state index in [0.29, 0.717) is 13.2 Å². The van der Waals surface area contributed by atoms with Gasteiger partial charge in [0.1, 0.15) is 11.9 Å². The van der Waals surface area contributed by atoms with E-state index in [1.807, 2.05) is 19.1 Å². The number of nitrogens with zero attached hydrogens (tertiary/aromatic N) is 2. The largest absolute Gasteiger partial charge is 0.486 e. The Morgan fingerprint density at radius 3 is 2.63 bits per heavy atom. The van der Waals surface area contributed by atoms with E-state index in [9.17, 15) is 0 Å². The Kier molecular flexibility index (Phi) is 4.70. The molecule has 0 amide bonds. The van der Waals surface area contributed by atoms with Gasteiger partial charge in [0.05, 0.1) is 24.9 Å². The van der Waals surface area contributed by atoms with Crippen LogP contribution in [0.5, 0.6) is 5.75 Å². The number of fused-ring (bicyclic) bond motifs is 1. The van der Waals surface area contributed by atoms with Crippen molar-refractivity contribution in [1.29, 1.82) is 0 Å². The molecule has 1 saturated heterocycles. The first kappa shape index (κ1) is 17.7. The summed E-state index contributed by atoms with van der Waals surface area (Å²) in [5, 5.41) is 14.4. The van der Waals surface area contributed by atoms with Gasteiger partial charge >= 0.3 is 0 Å². The molecule has 2 heterocycles. The molecule has 0 bridgehead atoms. The molecule has 3 aromatic rings. The topological polar surface area (TPSA) is 56.3 Å². The second-order valence-corrected chi connectivity index (χ2v) is 7.27. The highest BCUT2D eigenvalue weighted by Gasteiger charge is 2.21. The number of anilines is 1. The predicted molar refractivity (Wildman–Crippen MR) is 107 cm³/mol. The van der Waals surface area contributed by atoms with Gasteiger partial charge < -0.3 is 14.8 Å². The van der Waals surface area contributed by atoms with Crippen LogP contribution in [0.4, 0.5) is 5.82 Å². The van der Waals surface area contributed by atoms with Crippen molar-refractivity contribution in [3.8, 4) is 5.75 Å². The summed E-state index contributed by atoms with van der Waals surface area (Å²) in [5.41, 5.74) is 4.77. The Bertz CT molecular complexity index is 983. The molecule has 1 atom stereocenters. The van der Waals surface area contributed by atoms with Gasteiger partial charge in [0.2, 0.25) is 0 Å². The van der Waals surface area contributed by atoms with E-state index in [1.165, 1.54) is 16.7 Å². The predicted octanol–water partition coefficient (Wildman–Crippen LogP) is 4.51. The molecule has 27 heavy (non-hydrogen) atoms. The van der Waals surface area contributed by atoms with Gasteiger partial charge in [-0.3, -0.25) is 0 Å². The molecule has 0 unspecified atom stereocenters. The SMILES string of the molecule is Cc1cccc([C@@H](C)Nc2nnc(C)c3ccc(OC4COC4)cc23)c1C. The van der Waals surface area contributed by atoms with Crippen molar-refractivity contribution in [2.45, 2.75) is 39.8 Å². The summed E-state index contributed by atoms with van der Waals surface area (Å²) in [6.07, 6.45) is 0.142. The molecule has 1 aromatic heterocycles. The summed E-state index contributed by atoms with van der Waals surface area (Å²) in [6.45, 7) is 9.74. The molecule has 140 valence electrons. The minimum atomic E-state index is 0.120. The van der Waals surface area contributed by atoms with Gasteiger partial charge in [0.25, 0.3) is 0 Å². The van der Waals surface area contributed by atoms with Crippen LogP contribution < -0.4 is 10.1 Å². The zero-order chi connectivity index (χ0) is 19.0. The fourth-order valence-corrected chi connectivity index (χ4v) is 3.45. The Balaban J connectivity index is 1.68. The van der Waals surface area contributed by atoms with Crippen LogP contribution in [0, 0.1) is 20.8 Å². The number of hydrogen-bond donors (Lipinski definition) is 1. The first-order chi connectivity index (χ1) is 13.0. The summed E-state index contributed by atoms with van der Waals surface area (Å²) in [5.74, 6) is 1.62.